The fourth-order valence-electron chi connectivity index (χ4n) is 1.85. The van der Waals surface area contributed by atoms with Crippen molar-refractivity contribution in [1.29, 1.82) is 0 Å². The number of aliphatic hydroxyl groups excluding tert-OH is 1. The molecule has 0 saturated heterocycles. The highest BCUT2D eigenvalue weighted by molar-refractivity contribution is 7.89. The van der Waals surface area contributed by atoms with Crippen LogP contribution in [0.25, 0.3) is 6.08 Å². The molecule has 1 saturated carbocycles. The fraction of sp³-hybridized carbons (Fsp3) is 0.357. The average Bonchev–Trinajstić information content (AvgIpc) is 3.27. The van der Waals surface area contributed by atoms with E-state index in [0.29, 0.717) is 5.56 Å². The van der Waals surface area contributed by atoms with E-state index in [0.717, 1.165) is 18.9 Å². The summed E-state index contributed by atoms with van der Waals surface area (Å²) in [4.78, 5) is 10.5. The summed E-state index contributed by atoms with van der Waals surface area (Å²) >= 11 is 0. The van der Waals surface area contributed by atoms with Gasteiger partial charge < -0.3 is 10.2 Å². The van der Waals surface area contributed by atoms with Gasteiger partial charge in [0.25, 0.3) is 0 Å². The fourth-order valence-corrected chi connectivity index (χ4v) is 2.90. The van der Waals surface area contributed by atoms with Crippen LogP contribution >= 0.6 is 0 Å². The minimum atomic E-state index is -3.66. The number of carboxylic acid groups (broad SMARTS) is 1. The Labute approximate surface area is 123 Å². The van der Waals surface area contributed by atoms with Crippen LogP contribution in [0.4, 0.5) is 0 Å². The van der Waals surface area contributed by atoms with Crippen LogP contribution in [-0.4, -0.2) is 37.2 Å². The molecule has 1 aromatic rings. The highest BCUT2D eigenvalue weighted by atomic mass is 32.2. The van der Waals surface area contributed by atoms with Gasteiger partial charge in [0.15, 0.2) is 0 Å². The van der Waals surface area contributed by atoms with E-state index >= 15 is 0 Å². The van der Waals surface area contributed by atoms with Crippen molar-refractivity contribution in [1.82, 2.24) is 4.72 Å². The average molecular weight is 311 g/mol. The molecule has 114 valence electrons. The maximum Gasteiger partial charge on any atom is 0.328 e. The molecule has 0 heterocycles. The molecule has 1 aliphatic carbocycles. The molecule has 0 spiro atoms. The van der Waals surface area contributed by atoms with Crippen molar-refractivity contribution < 1.29 is 23.4 Å². The summed E-state index contributed by atoms with van der Waals surface area (Å²) in [6.07, 6.45) is 3.59. The Hall–Kier alpha value is -1.70. The van der Waals surface area contributed by atoms with Crippen molar-refractivity contribution in [2.24, 2.45) is 5.92 Å². The number of aliphatic hydroxyl groups is 1. The quantitative estimate of drug-likeness (QED) is 0.647. The van der Waals surface area contributed by atoms with Gasteiger partial charge in [-0.05, 0) is 42.5 Å². The molecule has 0 radical (unpaired) electrons. The van der Waals surface area contributed by atoms with Gasteiger partial charge in [0.1, 0.15) is 0 Å². The maximum absolute atomic E-state index is 12.0. The van der Waals surface area contributed by atoms with Crippen LogP contribution in [0.1, 0.15) is 18.4 Å². The van der Waals surface area contributed by atoms with Crippen LogP contribution in [0.2, 0.25) is 0 Å². The van der Waals surface area contributed by atoms with Crippen molar-refractivity contribution in [2.75, 3.05) is 6.54 Å². The molecular formula is C14H17NO5S. The maximum atomic E-state index is 12.0. The summed E-state index contributed by atoms with van der Waals surface area (Å²) in [7, 11) is -3.66. The van der Waals surface area contributed by atoms with Gasteiger partial charge >= 0.3 is 5.97 Å². The van der Waals surface area contributed by atoms with Gasteiger partial charge in [-0.25, -0.2) is 17.9 Å². The third kappa shape index (κ3) is 4.66. The van der Waals surface area contributed by atoms with Gasteiger partial charge in [0.05, 0.1) is 11.0 Å². The second-order valence-electron chi connectivity index (χ2n) is 5.00. The van der Waals surface area contributed by atoms with Gasteiger partial charge in [-0.15, -0.1) is 0 Å². The first kappa shape index (κ1) is 15.7. The van der Waals surface area contributed by atoms with E-state index in [1.165, 1.54) is 30.3 Å². The molecule has 1 fully saturated rings. The number of carbonyl (C=O) groups is 1. The molecular weight excluding hydrogens is 294 g/mol. The summed E-state index contributed by atoms with van der Waals surface area (Å²) in [6, 6.07) is 5.83. The van der Waals surface area contributed by atoms with E-state index in [4.69, 9.17) is 5.11 Å². The lowest BCUT2D eigenvalue weighted by Gasteiger charge is -2.11. The van der Waals surface area contributed by atoms with Crippen LogP contribution in [0.15, 0.2) is 35.2 Å². The first-order valence-electron chi connectivity index (χ1n) is 6.57. The molecule has 0 aliphatic heterocycles. The summed E-state index contributed by atoms with van der Waals surface area (Å²) in [5.41, 5.74) is 0.592. The van der Waals surface area contributed by atoms with Crippen LogP contribution in [0.5, 0.6) is 0 Å². The van der Waals surface area contributed by atoms with Crippen molar-refractivity contribution in [3.05, 3.63) is 35.9 Å². The lowest BCUT2D eigenvalue weighted by Crippen LogP contribution is -2.33. The Morgan fingerprint density at radius 1 is 1.33 bits per heavy atom. The van der Waals surface area contributed by atoms with Gasteiger partial charge in [-0.1, -0.05) is 12.1 Å². The van der Waals surface area contributed by atoms with Crippen molar-refractivity contribution in [2.45, 2.75) is 23.8 Å². The summed E-state index contributed by atoms with van der Waals surface area (Å²) < 4.78 is 26.4. The van der Waals surface area contributed by atoms with E-state index < -0.39 is 22.1 Å². The van der Waals surface area contributed by atoms with E-state index in [1.807, 2.05) is 0 Å². The molecule has 7 heteroatoms. The lowest BCUT2D eigenvalue weighted by atomic mass is 10.2. The molecule has 0 amide bonds. The van der Waals surface area contributed by atoms with Crippen LogP contribution in [0, 0.1) is 5.92 Å². The van der Waals surface area contributed by atoms with E-state index in [1.54, 1.807) is 0 Å². The molecule has 6 nitrogen and oxygen atoms in total. The zero-order valence-electron chi connectivity index (χ0n) is 11.3. The van der Waals surface area contributed by atoms with Gasteiger partial charge in [-0.2, -0.15) is 0 Å². The largest absolute Gasteiger partial charge is 0.478 e. The number of rotatable bonds is 7. The van der Waals surface area contributed by atoms with E-state index in [2.05, 4.69) is 4.72 Å². The van der Waals surface area contributed by atoms with E-state index in [-0.39, 0.29) is 17.4 Å². The second-order valence-corrected chi connectivity index (χ2v) is 6.76. The summed E-state index contributed by atoms with van der Waals surface area (Å²) in [5.74, 6) is -0.862. The molecule has 1 atom stereocenters. The molecule has 1 aromatic carbocycles. The highest BCUT2D eigenvalue weighted by Crippen LogP contribution is 2.32. The zero-order valence-corrected chi connectivity index (χ0v) is 12.1. The number of aliphatic carboxylic acids is 1. The Morgan fingerprint density at radius 2 is 1.95 bits per heavy atom. The molecule has 1 unspecified atom stereocenters. The number of hydrogen-bond donors (Lipinski definition) is 3. The minimum Gasteiger partial charge on any atom is -0.478 e. The monoisotopic (exact) mass is 311 g/mol. The first-order valence-corrected chi connectivity index (χ1v) is 8.05. The number of hydrogen-bond acceptors (Lipinski definition) is 4. The highest BCUT2D eigenvalue weighted by Gasteiger charge is 2.30. The van der Waals surface area contributed by atoms with Gasteiger partial charge in [0.2, 0.25) is 10.0 Å². The molecule has 0 aromatic heterocycles. The van der Waals surface area contributed by atoms with Crippen LogP contribution in [0.3, 0.4) is 0 Å². The predicted octanol–water partition coefficient (Wildman–Crippen LogP) is 0.834. The zero-order chi connectivity index (χ0) is 15.5. The molecule has 2 rings (SSSR count). The third-order valence-electron chi connectivity index (χ3n) is 3.26. The number of benzene rings is 1. The van der Waals surface area contributed by atoms with Gasteiger partial charge in [-0.3, -0.25) is 0 Å². The topological polar surface area (TPSA) is 104 Å². The molecule has 1 aliphatic rings. The van der Waals surface area contributed by atoms with Crippen LogP contribution < -0.4 is 4.72 Å². The molecule has 3 N–H and O–H groups in total. The smallest absolute Gasteiger partial charge is 0.328 e. The standard InChI is InChI=1S/C14H17NO5S/c16-13(11-4-5-11)9-15-21(19,20)12-6-1-10(2-7-12)3-8-14(17)18/h1-3,6-8,11,13,15-16H,4-5,9H2,(H,17,18). The summed E-state index contributed by atoms with van der Waals surface area (Å²) in [5, 5.41) is 18.2. The van der Waals surface area contributed by atoms with E-state index in [9.17, 15) is 18.3 Å². The Kier molecular flexibility index (Phi) is 4.76. The number of carboxylic acids is 1. The second kappa shape index (κ2) is 6.38. The SMILES string of the molecule is O=C(O)C=Cc1ccc(S(=O)(=O)NCC(O)C2CC2)cc1. The number of nitrogens with one attached hydrogen (secondary N) is 1. The normalized spacial score (nSPS) is 17.0. The number of sulfonamides is 1. The van der Waals surface area contributed by atoms with Crippen LogP contribution in [-0.2, 0) is 14.8 Å². The molecule has 21 heavy (non-hydrogen) atoms. The predicted molar refractivity (Wildman–Crippen MR) is 77.0 cm³/mol. The Balaban J connectivity index is 2.00. The van der Waals surface area contributed by atoms with Crippen molar-refractivity contribution >= 4 is 22.1 Å². The lowest BCUT2D eigenvalue weighted by molar-refractivity contribution is -0.131. The molecule has 0 bridgehead atoms. The first-order chi connectivity index (χ1) is 9.88. The van der Waals surface area contributed by atoms with Gasteiger partial charge in [0, 0.05) is 12.6 Å². The Morgan fingerprint density at radius 3 is 2.48 bits per heavy atom. The van der Waals surface area contributed by atoms with Crippen molar-refractivity contribution in [3.8, 4) is 0 Å². The minimum absolute atomic E-state index is 0.00761. The third-order valence-corrected chi connectivity index (χ3v) is 4.70. The van der Waals surface area contributed by atoms with Crippen molar-refractivity contribution in [3.63, 3.8) is 0 Å². The Bertz CT molecular complexity index is 632. The summed E-state index contributed by atoms with van der Waals surface area (Å²) in [6.45, 7) is 0.00761.